The van der Waals surface area contributed by atoms with E-state index in [0.29, 0.717) is 18.9 Å². The van der Waals surface area contributed by atoms with Gasteiger partial charge in [0.2, 0.25) is 6.10 Å². The molecule has 0 bridgehead atoms. The number of hydrogen-bond acceptors (Lipinski definition) is 4. The Morgan fingerprint density at radius 1 is 1.08 bits per heavy atom. The molecule has 0 N–H and O–H groups in total. The summed E-state index contributed by atoms with van der Waals surface area (Å²) in [5.41, 5.74) is 2.30. The summed E-state index contributed by atoms with van der Waals surface area (Å²) >= 11 is 0. The molecule has 0 heterocycles. The Bertz CT molecular complexity index is 672. The van der Waals surface area contributed by atoms with Gasteiger partial charge < -0.3 is 14.4 Å². The minimum Gasteiger partial charge on any atom is -0.477 e. The van der Waals surface area contributed by atoms with E-state index in [1.165, 1.54) is 5.56 Å². The summed E-state index contributed by atoms with van der Waals surface area (Å²) in [6.45, 7) is 7.72. The summed E-state index contributed by atoms with van der Waals surface area (Å²) in [5.74, 6) is 0.343. The van der Waals surface area contributed by atoms with Gasteiger partial charge >= 0.3 is 5.97 Å². The van der Waals surface area contributed by atoms with Crippen molar-refractivity contribution >= 4 is 11.7 Å². The SMILES string of the molecule is CCCCN(CC(Oc1ccccc1)C(=O)OCC)c1cccc(C)c1. The lowest BCUT2D eigenvalue weighted by molar-refractivity contribution is -0.150. The van der Waals surface area contributed by atoms with E-state index in [0.717, 1.165) is 25.1 Å². The van der Waals surface area contributed by atoms with Gasteiger partial charge in [-0.15, -0.1) is 0 Å². The van der Waals surface area contributed by atoms with Crippen molar-refractivity contribution < 1.29 is 14.3 Å². The molecule has 1 unspecified atom stereocenters. The summed E-state index contributed by atoms with van der Waals surface area (Å²) in [6.07, 6.45) is 1.47. The number of aryl methyl sites for hydroxylation is 1. The van der Waals surface area contributed by atoms with Crippen LogP contribution >= 0.6 is 0 Å². The van der Waals surface area contributed by atoms with E-state index in [4.69, 9.17) is 9.47 Å². The van der Waals surface area contributed by atoms with Crippen molar-refractivity contribution in [3.05, 3.63) is 60.2 Å². The lowest BCUT2D eigenvalue weighted by Crippen LogP contribution is -2.42. The molecule has 0 saturated carbocycles. The third kappa shape index (κ3) is 6.10. The normalized spacial score (nSPS) is 11.7. The fourth-order valence-corrected chi connectivity index (χ4v) is 2.76. The Morgan fingerprint density at radius 2 is 1.85 bits per heavy atom. The minimum atomic E-state index is -0.672. The highest BCUT2D eigenvalue weighted by Crippen LogP contribution is 2.19. The number of anilines is 1. The number of para-hydroxylation sites is 1. The molecule has 4 heteroatoms. The molecule has 0 saturated heterocycles. The van der Waals surface area contributed by atoms with Gasteiger partial charge in [-0.3, -0.25) is 0 Å². The van der Waals surface area contributed by atoms with E-state index < -0.39 is 6.10 Å². The van der Waals surface area contributed by atoms with Crippen molar-refractivity contribution in [3.63, 3.8) is 0 Å². The van der Waals surface area contributed by atoms with Gasteiger partial charge in [0.05, 0.1) is 13.2 Å². The molecule has 0 spiro atoms. The van der Waals surface area contributed by atoms with Crippen LogP contribution in [-0.2, 0) is 9.53 Å². The van der Waals surface area contributed by atoms with Crippen LogP contribution in [0.4, 0.5) is 5.69 Å². The Hall–Kier alpha value is -2.49. The Labute approximate surface area is 156 Å². The van der Waals surface area contributed by atoms with Gasteiger partial charge in [0, 0.05) is 12.2 Å². The summed E-state index contributed by atoms with van der Waals surface area (Å²) in [7, 11) is 0. The van der Waals surface area contributed by atoms with Gasteiger partial charge in [-0.05, 0) is 50.1 Å². The Morgan fingerprint density at radius 3 is 2.50 bits per heavy atom. The van der Waals surface area contributed by atoms with Crippen molar-refractivity contribution in [2.75, 3.05) is 24.6 Å². The zero-order chi connectivity index (χ0) is 18.8. The first kappa shape index (κ1) is 19.8. The van der Waals surface area contributed by atoms with Crippen molar-refractivity contribution in [3.8, 4) is 5.75 Å². The Balaban J connectivity index is 2.21. The monoisotopic (exact) mass is 355 g/mol. The first-order valence-corrected chi connectivity index (χ1v) is 9.34. The maximum absolute atomic E-state index is 12.5. The highest BCUT2D eigenvalue weighted by atomic mass is 16.6. The standard InChI is InChI=1S/C22H29NO3/c1-4-6-15-23(19-12-10-11-18(3)16-19)17-21(22(24)25-5-2)26-20-13-8-7-9-14-20/h7-14,16,21H,4-6,15,17H2,1-3H3. The highest BCUT2D eigenvalue weighted by molar-refractivity contribution is 5.76. The van der Waals surface area contributed by atoms with Crippen LogP contribution < -0.4 is 9.64 Å². The molecule has 140 valence electrons. The molecular formula is C22H29NO3. The van der Waals surface area contributed by atoms with E-state index in [9.17, 15) is 4.79 Å². The second-order valence-corrected chi connectivity index (χ2v) is 6.31. The number of rotatable bonds is 10. The van der Waals surface area contributed by atoms with E-state index >= 15 is 0 Å². The zero-order valence-corrected chi connectivity index (χ0v) is 16.0. The van der Waals surface area contributed by atoms with Gasteiger partial charge in [0.15, 0.2) is 0 Å². The van der Waals surface area contributed by atoms with Crippen LogP contribution in [0.3, 0.4) is 0 Å². The first-order valence-electron chi connectivity index (χ1n) is 9.34. The lowest BCUT2D eigenvalue weighted by Gasteiger charge is -2.29. The molecular weight excluding hydrogens is 326 g/mol. The summed E-state index contributed by atoms with van der Waals surface area (Å²) in [6, 6.07) is 17.8. The maximum Gasteiger partial charge on any atom is 0.349 e. The fraction of sp³-hybridized carbons (Fsp3) is 0.409. The van der Waals surface area contributed by atoms with Crippen LogP contribution in [0.25, 0.3) is 0 Å². The van der Waals surface area contributed by atoms with E-state index in [2.05, 4.69) is 36.9 Å². The third-order valence-corrected chi connectivity index (χ3v) is 4.11. The van der Waals surface area contributed by atoms with Crippen molar-refractivity contribution in [2.45, 2.75) is 39.7 Å². The summed E-state index contributed by atoms with van der Waals surface area (Å²) in [4.78, 5) is 14.7. The average Bonchev–Trinajstić information content (AvgIpc) is 2.65. The van der Waals surface area contributed by atoms with Crippen LogP contribution in [0.15, 0.2) is 54.6 Å². The quantitative estimate of drug-likeness (QED) is 0.583. The molecule has 4 nitrogen and oxygen atoms in total. The molecule has 2 aromatic carbocycles. The molecule has 0 radical (unpaired) electrons. The second kappa shape index (κ2) is 10.5. The number of hydrogen-bond donors (Lipinski definition) is 0. The van der Waals surface area contributed by atoms with Crippen LogP contribution in [0, 0.1) is 6.92 Å². The molecule has 0 fully saturated rings. The minimum absolute atomic E-state index is 0.328. The smallest absolute Gasteiger partial charge is 0.349 e. The van der Waals surface area contributed by atoms with Crippen molar-refractivity contribution in [1.29, 1.82) is 0 Å². The molecule has 0 aliphatic rings. The van der Waals surface area contributed by atoms with Crippen LogP contribution in [0.5, 0.6) is 5.75 Å². The number of esters is 1. The largest absolute Gasteiger partial charge is 0.477 e. The zero-order valence-electron chi connectivity index (χ0n) is 16.0. The van der Waals surface area contributed by atoms with Crippen LogP contribution in [0.1, 0.15) is 32.3 Å². The summed E-state index contributed by atoms with van der Waals surface area (Å²) < 4.78 is 11.2. The molecule has 2 aromatic rings. The summed E-state index contributed by atoms with van der Waals surface area (Å²) in [5, 5.41) is 0. The molecule has 0 aliphatic heterocycles. The molecule has 2 rings (SSSR count). The van der Waals surface area contributed by atoms with Crippen LogP contribution in [-0.4, -0.2) is 31.8 Å². The van der Waals surface area contributed by atoms with Crippen LogP contribution in [0.2, 0.25) is 0 Å². The topological polar surface area (TPSA) is 38.8 Å². The first-order chi connectivity index (χ1) is 12.6. The predicted octanol–water partition coefficient (Wildman–Crippen LogP) is 4.61. The number of carbonyl (C=O) groups excluding carboxylic acids is 1. The fourth-order valence-electron chi connectivity index (χ4n) is 2.76. The van der Waals surface area contributed by atoms with Gasteiger partial charge in [-0.25, -0.2) is 4.79 Å². The molecule has 0 aliphatic carbocycles. The number of carbonyl (C=O) groups is 1. The van der Waals surface area contributed by atoms with Gasteiger partial charge in [0.1, 0.15) is 5.75 Å². The van der Waals surface area contributed by atoms with Crippen molar-refractivity contribution in [1.82, 2.24) is 0 Å². The average molecular weight is 355 g/mol. The van der Waals surface area contributed by atoms with E-state index in [1.807, 2.05) is 43.3 Å². The number of nitrogens with zero attached hydrogens (tertiary/aromatic N) is 1. The second-order valence-electron chi connectivity index (χ2n) is 6.31. The van der Waals surface area contributed by atoms with Gasteiger partial charge in [-0.1, -0.05) is 43.7 Å². The van der Waals surface area contributed by atoms with Gasteiger partial charge in [0.25, 0.3) is 0 Å². The third-order valence-electron chi connectivity index (χ3n) is 4.11. The molecule has 26 heavy (non-hydrogen) atoms. The highest BCUT2D eigenvalue weighted by Gasteiger charge is 2.25. The molecule has 1 atom stereocenters. The maximum atomic E-state index is 12.5. The van der Waals surface area contributed by atoms with Gasteiger partial charge in [-0.2, -0.15) is 0 Å². The van der Waals surface area contributed by atoms with E-state index in [1.54, 1.807) is 0 Å². The van der Waals surface area contributed by atoms with E-state index in [-0.39, 0.29) is 5.97 Å². The number of unbranched alkanes of at least 4 members (excludes halogenated alkanes) is 1. The number of benzene rings is 2. The van der Waals surface area contributed by atoms with Crippen molar-refractivity contribution in [2.24, 2.45) is 0 Å². The number of ether oxygens (including phenoxy) is 2. The molecule has 0 aromatic heterocycles. The Kier molecular flexibility index (Phi) is 8.00. The lowest BCUT2D eigenvalue weighted by atomic mass is 10.1. The molecule has 0 amide bonds. The predicted molar refractivity (Wildman–Crippen MR) is 106 cm³/mol.